The van der Waals surface area contributed by atoms with Crippen molar-refractivity contribution in [2.45, 2.75) is 19.8 Å². The first kappa shape index (κ1) is 17.1. The summed E-state index contributed by atoms with van der Waals surface area (Å²) in [6, 6.07) is 20.3. The fourth-order valence-electron chi connectivity index (χ4n) is 2.71. The Kier molecular flexibility index (Phi) is 6.21. The van der Waals surface area contributed by atoms with Gasteiger partial charge in [-0.1, -0.05) is 62.4 Å². The summed E-state index contributed by atoms with van der Waals surface area (Å²) in [5.41, 5.74) is 2.32. The third kappa shape index (κ3) is 5.13. The molecule has 0 saturated carbocycles. The Bertz CT molecular complexity index is 596. The third-order valence-corrected chi connectivity index (χ3v) is 4.13. The van der Waals surface area contributed by atoms with Crippen molar-refractivity contribution in [2.24, 2.45) is 5.92 Å². The maximum Gasteiger partial charge on any atom is 0.239 e. The number of hydrogen-bond donors (Lipinski definition) is 1. The zero-order chi connectivity index (χ0) is 16.7. The lowest BCUT2D eigenvalue weighted by molar-refractivity contribution is -0.119. The van der Waals surface area contributed by atoms with Crippen LogP contribution in [-0.2, 0) is 4.79 Å². The number of anilines is 1. The van der Waals surface area contributed by atoms with Crippen LogP contribution in [0.15, 0.2) is 60.7 Å². The fraction of sp³-hybridized carbons (Fsp3) is 0.350. The SMILES string of the molecule is CC(C)C(CNC(=O)CN(C)c1ccccc1)c1ccccc1. The minimum Gasteiger partial charge on any atom is -0.365 e. The van der Waals surface area contributed by atoms with Gasteiger partial charge in [0.15, 0.2) is 0 Å². The normalized spacial score (nSPS) is 12.0. The molecule has 2 aromatic rings. The highest BCUT2D eigenvalue weighted by Crippen LogP contribution is 2.23. The van der Waals surface area contributed by atoms with Crippen LogP contribution in [0.4, 0.5) is 5.69 Å². The summed E-state index contributed by atoms with van der Waals surface area (Å²) in [7, 11) is 1.94. The van der Waals surface area contributed by atoms with E-state index in [0.717, 1.165) is 5.69 Å². The number of benzene rings is 2. The van der Waals surface area contributed by atoms with Gasteiger partial charge in [-0.2, -0.15) is 0 Å². The maximum atomic E-state index is 12.2. The van der Waals surface area contributed by atoms with Crippen LogP contribution in [0.1, 0.15) is 25.3 Å². The molecule has 3 nitrogen and oxygen atoms in total. The average molecular weight is 310 g/mol. The topological polar surface area (TPSA) is 32.3 Å². The highest BCUT2D eigenvalue weighted by Gasteiger charge is 2.17. The summed E-state index contributed by atoms with van der Waals surface area (Å²) >= 11 is 0. The number of rotatable bonds is 7. The monoisotopic (exact) mass is 310 g/mol. The van der Waals surface area contributed by atoms with E-state index in [1.807, 2.05) is 48.3 Å². The Hall–Kier alpha value is -2.29. The van der Waals surface area contributed by atoms with Crippen LogP contribution in [0.25, 0.3) is 0 Å². The molecular weight excluding hydrogens is 284 g/mol. The van der Waals surface area contributed by atoms with Crippen LogP contribution in [0.2, 0.25) is 0 Å². The van der Waals surface area contributed by atoms with Crippen molar-refractivity contribution in [3.63, 3.8) is 0 Å². The molecule has 1 amide bonds. The molecule has 2 aromatic carbocycles. The predicted molar refractivity (Wildman–Crippen MR) is 96.7 cm³/mol. The van der Waals surface area contributed by atoms with Crippen LogP contribution in [0.3, 0.4) is 0 Å². The second-order valence-corrected chi connectivity index (χ2v) is 6.26. The molecule has 2 rings (SSSR count). The van der Waals surface area contributed by atoms with E-state index in [2.05, 4.69) is 43.4 Å². The molecule has 0 saturated heterocycles. The van der Waals surface area contributed by atoms with Gasteiger partial charge in [0.1, 0.15) is 0 Å². The largest absolute Gasteiger partial charge is 0.365 e. The number of nitrogens with one attached hydrogen (secondary N) is 1. The molecule has 0 radical (unpaired) electrons. The molecule has 0 aromatic heterocycles. The van der Waals surface area contributed by atoms with Crippen LogP contribution in [-0.4, -0.2) is 26.0 Å². The smallest absolute Gasteiger partial charge is 0.239 e. The van der Waals surface area contributed by atoms with E-state index in [1.165, 1.54) is 5.56 Å². The van der Waals surface area contributed by atoms with Crippen LogP contribution < -0.4 is 10.2 Å². The Balaban J connectivity index is 1.89. The van der Waals surface area contributed by atoms with Gasteiger partial charge in [-0.15, -0.1) is 0 Å². The number of nitrogens with zero attached hydrogens (tertiary/aromatic N) is 1. The second kappa shape index (κ2) is 8.37. The lowest BCUT2D eigenvalue weighted by Crippen LogP contribution is -2.38. The third-order valence-electron chi connectivity index (χ3n) is 4.13. The van der Waals surface area contributed by atoms with Crippen molar-refractivity contribution in [3.8, 4) is 0 Å². The van der Waals surface area contributed by atoms with Gasteiger partial charge >= 0.3 is 0 Å². The quantitative estimate of drug-likeness (QED) is 0.846. The highest BCUT2D eigenvalue weighted by molar-refractivity contribution is 5.81. The Morgan fingerprint density at radius 3 is 2.13 bits per heavy atom. The van der Waals surface area contributed by atoms with Crippen molar-refractivity contribution in [1.29, 1.82) is 0 Å². The summed E-state index contributed by atoms with van der Waals surface area (Å²) in [6.45, 7) is 5.42. The first-order valence-corrected chi connectivity index (χ1v) is 8.15. The number of likely N-dealkylation sites (N-methyl/N-ethyl adjacent to an activating group) is 1. The molecule has 1 unspecified atom stereocenters. The molecule has 0 heterocycles. The van der Waals surface area contributed by atoms with Gasteiger partial charge in [0.2, 0.25) is 5.91 Å². The summed E-state index contributed by atoms with van der Waals surface area (Å²) in [6.07, 6.45) is 0. The van der Waals surface area contributed by atoms with Gasteiger partial charge in [0.25, 0.3) is 0 Å². The lowest BCUT2D eigenvalue weighted by atomic mass is 9.88. The van der Waals surface area contributed by atoms with E-state index in [-0.39, 0.29) is 5.91 Å². The standard InChI is InChI=1S/C20H26N2O/c1-16(2)19(17-10-6-4-7-11-17)14-21-20(23)15-22(3)18-12-8-5-9-13-18/h4-13,16,19H,14-15H2,1-3H3,(H,21,23). The van der Waals surface area contributed by atoms with Gasteiger partial charge in [-0.25, -0.2) is 0 Å². The first-order chi connectivity index (χ1) is 11.1. The molecule has 0 aliphatic rings. The molecule has 1 atom stereocenters. The predicted octanol–water partition coefficient (Wildman–Crippen LogP) is 3.68. The number of carbonyl (C=O) groups is 1. The van der Waals surface area contributed by atoms with Crippen molar-refractivity contribution >= 4 is 11.6 Å². The van der Waals surface area contributed by atoms with E-state index >= 15 is 0 Å². The maximum absolute atomic E-state index is 12.2. The number of para-hydroxylation sites is 1. The molecule has 0 aliphatic carbocycles. The molecule has 0 spiro atoms. The Morgan fingerprint density at radius 1 is 1.00 bits per heavy atom. The van der Waals surface area contributed by atoms with Crippen LogP contribution >= 0.6 is 0 Å². The summed E-state index contributed by atoms with van der Waals surface area (Å²) in [5, 5.41) is 3.08. The van der Waals surface area contributed by atoms with Crippen LogP contribution in [0, 0.1) is 5.92 Å². The molecule has 122 valence electrons. The van der Waals surface area contributed by atoms with Crippen LogP contribution in [0.5, 0.6) is 0 Å². The summed E-state index contributed by atoms with van der Waals surface area (Å²) < 4.78 is 0. The van der Waals surface area contributed by atoms with Gasteiger partial charge in [0, 0.05) is 25.2 Å². The summed E-state index contributed by atoms with van der Waals surface area (Å²) in [4.78, 5) is 14.2. The minimum absolute atomic E-state index is 0.0536. The molecule has 0 aliphatic heterocycles. The summed E-state index contributed by atoms with van der Waals surface area (Å²) in [5.74, 6) is 0.865. The molecule has 0 fully saturated rings. The molecular formula is C20H26N2O. The van der Waals surface area contributed by atoms with Gasteiger partial charge < -0.3 is 10.2 Å². The zero-order valence-electron chi connectivity index (χ0n) is 14.2. The first-order valence-electron chi connectivity index (χ1n) is 8.15. The van der Waals surface area contributed by atoms with Crippen molar-refractivity contribution in [2.75, 3.05) is 25.0 Å². The van der Waals surface area contributed by atoms with Crippen molar-refractivity contribution in [3.05, 3.63) is 66.2 Å². The van der Waals surface area contributed by atoms with E-state index in [4.69, 9.17) is 0 Å². The van der Waals surface area contributed by atoms with E-state index in [0.29, 0.717) is 24.9 Å². The van der Waals surface area contributed by atoms with E-state index < -0.39 is 0 Å². The average Bonchev–Trinajstić information content (AvgIpc) is 2.56. The van der Waals surface area contributed by atoms with Crippen molar-refractivity contribution < 1.29 is 4.79 Å². The number of amides is 1. The van der Waals surface area contributed by atoms with Gasteiger partial charge in [-0.05, 0) is 23.6 Å². The zero-order valence-corrected chi connectivity index (χ0v) is 14.2. The fourth-order valence-corrected chi connectivity index (χ4v) is 2.71. The van der Waals surface area contributed by atoms with Gasteiger partial charge in [-0.3, -0.25) is 4.79 Å². The minimum atomic E-state index is 0.0536. The highest BCUT2D eigenvalue weighted by atomic mass is 16.2. The molecule has 1 N–H and O–H groups in total. The number of carbonyl (C=O) groups excluding carboxylic acids is 1. The molecule has 23 heavy (non-hydrogen) atoms. The second-order valence-electron chi connectivity index (χ2n) is 6.26. The van der Waals surface area contributed by atoms with Gasteiger partial charge in [0.05, 0.1) is 6.54 Å². The van der Waals surface area contributed by atoms with E-state index in [9.17, 15) is 4.79 Å². The number of hydrogen-bond acceptors (Lipinski definition) is 2. The van der Waals surface area contributed by atoms with Crippen molar-refractivity contribution in [1.82, 2.24) is 5.32 Å². The lowest BCUT2D eigenvalue weighted by Gasteiger charge is -2.23. The molecule has 0 bridgehead atoms. The molecule has 3 heteroatoms. The Morgan fingerprint density at radius 2 is 1.57 bits per heavy atom. The van der Waals surface area contributed by atoms with E-state index in [1.54, 1.807) is 0 Å². The Labute approximate surface area is 139 Å².